The van der Waals surface area contributed by atoms with Gasteiger partial charge in [0.1, 0.15) is 11.9 Å². The molecule has 26 heavy (non-hydrogen) atoms. The van der Waals surface area contributed by atoms with Crippen LogP contribution in [0.15, 0.2) is 78.4 Å². The summed E-state index contributed by atoms with van der Waals surface area (Å²) >= 11 is 0. The molecule has 2 aromatic carbocycles. The van der Waals surface area contributed by atoms with Gasteiger partial charge in [-0.25, -0.2) is 0 Å². The van der Waals surface area contributed by atoms with E-state index in [0.29, 0.717) is 5.57 Å². The smallest absolute Gasteiger partial charge is 0.253 e. The van der Waals surface area contributed by atoms with Gasteiger partial charge in [0.25, 0.3) is 5.91 Å². The van der Waals surface area contributed by atoms with E-state index in [4.69, 9.17) is 4.74 Å². The Morgan fingerprint density at radius 1 is 1.08 bits per heavy atom. The lowest BCUT2D eigenvalue weighted by molar-refractivity contribution is -0.124. The van der Waals surface area contributed by atoms with E-state index in [1.165, 1.54) is 0 Å². The topological polar surface area (TPSA) is 41.6 Å². The van der Waals surface area contributed by atoms with Crippen LogP contribution < -0.4 is 10.1 Å². The number of likely N-dealkylation sites (N-methyl/N-ethyl adjacent to an activating group) is 1. The van der Waals surface area contributed by atoms with E-state index < -0.39 is 0 Å². The highest BCUT2D eigenvalue weighted by atomic mass is 16.5. The molecule has 0 radical (unpaired) electrons. The maximum atomic E-state index is 12.4. The standard InChI is InChI=1S/C22H20N2O2/c1-24(2)22(25)15-7-6-10-20-18(13-15)19-14-17(11-12-21(19)26-20)23-16-8-4-3-5-9-16/h3-14,20,23H,1-2H3. The molecule has 130 valence electrons. The molecule has 1 N–H and O–H groups in total. The van der Waals surface area contributed by atoms with E-state index in [1.807, 2.05) is 66.8 Å². The van der Waals surface area contributed by atoms with E-state index >= 15 is 0 Å². The summed E-state index contributed by atoms with van der Waals surface area (Å²) in [4.78, 5) is 14.0. The van der Waals surface area contributed by atoms with Crippen LogP contribution in [0.25, 0.3) is 5.57 Å². The zero-order valence-electron chi connectivity index (χ0n) is 14.8. The number of rotatable bonds is 3. The molecule has 1 heterocycles. The first-order valence-electron chi connectivity index (χ1n) is 8.57. The Kier molecular flexibility index (Phi) is 4.09. The number of amides is 1. The van der Waals surface area contributed by atoms with E-state index in [0.717, 1.165) is 28.3 Å². The zero-order valence-corrected chi connectivity index (χ0v) is 14.8. The summed E-state index contributed by atoms with van der Waals surface area (Å²) < 4.78 is 6.04. The average Bonchev–Trinajstić information content (AvgIpc) is 2.84. The Balaban J connectivity index is 1.70. The Bertz CT molecular complexity index is 940. The summed E-state index contributed by atoms with van der Waals surface area (Å²) in [6.45, 7) is 0. The quantitative estimate of drug-likeness (QED) is 0.909. The molecule has 1 atom stereocenters. The summed E-state index contributed by atoms with van der Waals surface area (Å²) in [7, 11) is 3.52. The molecule has 4 rings (SSSR count). The first-order valence-corrected chi connectivity index (χ1v) is 8.57. The highest BCUT2D eigenvalue weighted by Gasteiger charge is 2.29. The van der Waals surface area contributed by atoms with E-state index in [2.05, 4.69) is 11.4 Å². The number of nitrogens with zero attached hydrogens (tertiary/aromatic N) is 1. The number of hydrogen-bond donors (Lipinski definition) is 1. The van der Waals surface area contributed by atoms with Crippen molar-refractivity contribution in [3.63, 3.8) is 0 Å². The molecule has 1 aliphatic carbocycles. The first-order chi connectivity index (χ1) is 12.6. The van der Waals surface area contributed by atoms with Gasteiger partial charge in [0.2, 0.25) is 0 Å². The minimum atomic E-state index is -0.166. The van der Waals surface area contributed by atoms with Crippen molar-refractivity contribution in [2.45, 2.75) is 6.10 Å². The van der Waals surface area contributed by atoms with Gasteiger partial charge in [-0.15, -0.1) is 0 Å². The van der Waals surface area contributed by atoms with E-state index in [9.17, 15) is 4.79 Å². The Hall–Kier alpha value is -3.27. The number of para-hydroxylation sites is 1. The van der Waals surface area contributed by atoms with Gasteiger partial charge >= 0.3 is 0 Å². The molecular formula is C22H20N2O2. The second-order valence-corrected chi connectivity index (χ2v) is 6.55. The van der Waals surface area contributed by atoms with Gasteiger partial charge in [0.15, 0.2) is 0 Å². The van der Waals surface area contributed by atoms with Crippen LogP contribution in [0.2, 0.25) is 0 Å². The molecule has 1 unspecified atom stereocenters. The summed E-state index contributed by atoms with van der Waals surface area (Å²) in [6.07, 6.45) is 7.47. The van der Waals surface area contributed by atoms with Crippen molar-refractivity contribution in [1.29, 1.82) is 0 Å². The van der Waals surface area contributed by atoms with Gasteiger partial charge in [-0.2, -0.15) is 0 Å². The van der Waals surface area contributed by atoms with Crippen molar-refractivity contribution in [3.8, 4) is 5.75 Å². The SMILES string of the molecule is CN(C)C(=O)C1=CC=CC2Oc3ccc(Nc4ccccc4)cc3C2=C1. The Morgan fingerprint density at radius 3 is 2.65 bits per heavy atom. The summed E-state index contributed by atoms with van der Waals surface area (Å²) in [5, 5.41) is 3.41. The first kappa shape index (κ1) is 16.2. The third kappa shape index (κ3) is 3.02. The van der Waals surface area contributed by atoms with Crippen molar-refractivity contribution in [2.24, 2.45) is 0 Å². The lowest BCUT2D eigenvalue weighted by Gasteiger charge is -2.11. The monoisotopic (exact) mass is 344 g/mol. The normalized spacial score (nSPS) is 17.2. The maximum absolute atomic E-state index is 12.4. The molecule has 2 aromatic rings. The van der Waals surface area contributed by atoms with Crippen LogP contribution in [0.3, 0.4) is 0 Å². The molecule has 0 aromatic heterocycles. The molecule has 0 fully saturated rings. The molecule has 0 spiro atoms. The molecule has 0 saturated heterocycles. The summed E-state index contributed by atoms with van der Waals surface area (Å²) in [5.74, 6) is 0.817. The summed E-state index contributed by atoms with van der Waals surface area (Å²) in [5.41, 5.74) is 4.69. The third-order valence-corrected chi connectivity index (χ3v) is 4.44. The molecule has 4 nitrogen and oxygen atoms in total. The van der Waals surface area contributed by atoms with Crippen LogP contribution in [-0.4, -0.2) is 31.0 Å². The van der Waals surface area contributed by atoms with Crippen LogP contribution in [0.5, 0.6) is 5.75 Å². The van der Waals surface area contributed by atoms with Crippen molar-refractivity contribution in [2.75, 3.05) is 19.4 Å². The second kappa shape index (κ2) is 6.56. The van der Waals surface area contributed by atoms with Crippen LogP contribution >= 0.6 is 0 Å². The van der Waals surface area contributed by atoms with Crippen LogP contribution in [0.1, 0.15) is 5.56 Å². The van der Waals surface area contributed by atoms with Crippen LogP contribution in [0, 0.1) is 0 Å². The average molecular weight is 344 g/mol. The van der Waals surface area contributed by atoms with Crippen LogP contribution in [0.4, 0.5) is 11.4 Å². The number of benzene rings is 2. The number of ether oxygens (including phenoxy) is 1. The highest BCUT2D eigenvalue weighted by Crippen LogP contribution is 2.41. The van der Waals surface area contributed by atoms with Gasteiger partial charge < -0.3 is 15.0 Å². The van der Waals surface area contributed by atoms with Gasteiger partial charge in [-0.1, -0.05) is 24.3 Å². The number of carbonyl (C=O) groups excluding carboxylic acids is 1. The molecule has 1 aliphatic heterocycles. The minimum Gasteiger partial charge on any atom is -0.481 e. The minimum absolute atomic E-state index is 0.0187. The number of fused-ring (bicyclic) bond motifs is 3. The van der Waals surface area contributed by atoms with Crippen molar-refractivity contribution >= 4 is 22.9 Å². The number of carbonyl (C=O) groups is 1. The number of allylic oxidation sites excluding steroid dienone is 2. The Labute approximate surface area is 153 Å². The number of anilines is 2. The van der Waals surface area contributed by atoms with Crippen molar-refractivity contribution < 1.29 is 9.53 Å². The van der Waals surface area contributed by atoms with Crippen molar-refractivity contribution in [3.05, 3.63) is 84.0 Å². The second-order valence-electron chi connectivity index (χ2n) is 6.55. The van der Waals surface area contributed by atoms with Gasteiger partial charge in [0.05, 0.1) is 0 Å². The van der Waals surface area contributed by atoms with E-state index in [1.54, 1.807) is 19.0 Å². The van der Waals surface area contributed by atoms with Crippen molar-refractivity contribution in [1.82, 2.24) is 4.90 Å². The molecule has 0 bridgehead atoms. The number of nitrogens with one attached hydrogen (secondary N) is 1. The predicted molar refractivity (Wildman–Crippen MR) is 104 cm³/mol. The van der Waals surface area contributed by atoms with Crippen LogP contribution in [-0.2, 0) is 4.79 Å². The molecular weight excluding hydrogens is 324 g/mol. The van der Waals surface area contributed by atoms with Gasteiger partial charge in [0, 0.05) is 42.2 Å². The maximum Gasteiger partial charge on any atom is 0.253 e. The lowest BCUT2D eigenvalue weighted by atomic mass is 10.00. The lowest BCUT2D eigenvalue weighted by Crippen LogP contribution is -2.22. The predicted octanol–water partition coefficient (Wildman–Crippen LogP) is 4.16. The Morgan fingerprint density at radius 2 is 1.88 bits per heavy atom. The van der Waals surface area contributed by atoms with Gasteiger partial charge in [-0.05, 0) is 48.6 Å². The fraction of sp³-hybridized carbons (Fsp3) is 0.136. The summed E-state index contributed by atoms with van der Waals surface area (Å²) in [6, 6.07) is 16.1. The molecule has 2 aliphatic rings. The number of hydrogen-bond acceptors (Lipinski definition) is 3. The molecule has 0 saturated carbocycles. The fourth-order valence-corrected chi connectivity index (χ4v) is 3.15. The van der Waals surface area contributed by atoms with E-state index in [-0.39, 0.29) is 12.0 Å². The highest BCUT2D eigenvalue weighted by molar-refractivity contribution is 6.00. The molecule has 1 amide bonds. The molecule has 4 heteroatoms. The largest absolute Gasteiger partial charge is 0.481 e. The third-order valence-electron chi connectivity index (χ3n) is 4.44. The zero-order chi connectivity index (χ0) is 18.1. The van der Waals surface area contributed by atoms with Gasteiger partial charge in [-0.3, -0.25) is 4.79 Å². The fourth-order valence-electron chi connectivity index (χ4n) is 3.15.